The molecular formula is C28H33F6N2NaO4S3. The SMILES string of the molecule is CCCC[N-]S(=O)(=O)C(F)(F)F.CCCC[N-]S(=O)(=O)C(F)(F)F.[Na+].c1ccc([S+](c2ccccc2)c2ccccc2)cc1. The minimum Gasteiger partial charge on any atom is -0.541 e. The summed E-state index contributed by atoms with van der Waals surface area (Å²) in [5.41, 5.74) is -10.5. The molecule has 3 rings (SSSR count). The van der Waals surface area contributed by atoms with Crippen molar-refractivity contribution >= 4 is 30.9 Å². The van der Waals surface area contributed by atoms with Gasteiger partial charge in [0.2, 0.25) is 0 Å². The molecule has 0 aliphatic rings. The number of sulfonamides is 2. The first-order valence-electron chi connectivity index (χ1n) is 13.0. The minimum atomic E-state index is -5.25. The molecular weight excluding hydrogens is 661 g/mol. The molecule has 44 heavy (non-hydrogen) atoms. The first kappa shape index (κ1) is 42.4. The quantitative estimate of drug-likeness (QED) is 0.110. The van der Waals surface area contributed by atoms with E-state index < -0.39 is 31.1 Å². The van der Waals surface area contributed by atoms with E-state index in [9.17, 15) is 43.2 Å². The van der Waals surface area contributed by atoms with Crippen molar-refractivity contribution in [3.63, 3.8) is 0 Å². The van der Waals surface area contributed by atoms with Gasteiger partial charge in [0.05, 0.1) is 10.9 Å². The number of alkyl halides is 6. The number of unbranched alkanes of at least 4 members (excludes halogenated alkanes) is 2. The normalized spacial score (nSPS) is 11.8. The monoisotopic (exact) mass is 694 g/mol. The second-order valence-electron chi connectivity index (χ2n) is 8.50. The molecule has 0 aliphatic carbocycles. The molecule has 0 bridgehead atoms. The second-order valence-corrected chi connectivity index (χ2v) is 13.9. The van der Waals surface area contributed by atoms with Crippen molar-refractivity contribution in [1.29, 1.82) is 0 Å². The van der Waals surface area contributed by atoms with E-state index in [2.05, 4.69) is 100 Å². The van der Waals surface area contributed by atoms with Gasteiger partial charge in [0.15, 0.2) is 34.7 Å². The summed E-state index contributed by atoms with van der Waals surface area (Å²) in [6.45, 7) is 2.88. The van der Waals surface area contributed by atoms with E-state index in [1.807, 2.05) is 0 Å². The molecule has 0 saturated carbocycles. The van der Waals surface area contributed by atoms with Gasteiger partial charge in [0.25, 0.3) is 0 Å². The van der Waals surface area contributed by atoms with Crippen molar-refractivity contribution < 1.29 is 72.7 Å². The van der Waals surface area contributed by atoms with Crippen LogP contribution in [-0.2, 0) is 30.9 Å². The average molecular weight is 695 g/mol. The maximum Gasteiger partial charge on any atom is 1.00 e. The molecule has 0 atom stereocenters. The molecule has 0 N–H and O–H groups in total. The van der Waals surface area contributed by atoms with Crippen LogP contribution in [0, 0.1) is 0 Å². The predicted molar refractivity (Wildman–Crippen MR) is 158 cm³/mol. The topological polar surface area (TPSA) is 96.5 Å². The van der Waals surface area contributed by atoms with E-state index in [0.29, 0.717) is 25.7 Å². The Morgan fingerprint density at radius 2 is 0.795 bits per heavy atom. The Kier molecular flexibility index (Phi) is 19.8. The molecule has 0 heterocycles. The zero-order chi connectivity index (χ0) is 32.6. The van der Waals surface area contributed by atoms with E-state index in [1.54, 1.807) is 13.8 Å². The summed E-state index contributed by atoms with van der Waals surface area (Å²) < 4.78 is 116. The summed E-state index contributed by atoms with van der Waals surface area (Å²) in [4.78, 5) is 4.08. The van der Waals surface area contributed by atoms with Crippen molar-refractivity contribution in [3.8, 4) is 0 Å². The van der Waals surface area contributed by atoms with Crippen LogP contribution in [-0.4, -0.2) is 40.9 Å². The summed E-state index contributed by atoms with van der Waals surface area (Å²) in [6, 6.07) is 32.2. The summed E-state index contributed by atoms with van der Waals surface area (Å²) in [5.74, 6) is 0. The Labute approximate surface area is 280 Å². The molecule has 0 saturated heterocycles. The third-order valence-electron chi connectivity index (χ3n) is 5.07. The van der Waals surface area contributed by atoms with Crippen molar-refractivity contribution in [3.05, 3.63) is 100 Å². The van der Waals surface area contributed by atoms with Crippen molar-refractivity contribution in [2.75, 3.05) is 13.1 Å². The number of benzene rings is 3. The van der Waals surface area contributed by atoms with Crippen LogP contribution < -0.4 is 29.6 Å². The maximum atomic E-state index is 11.6. The number of hydrogen-bond acceptors (Lipinski definition) is 4. The molecule has 0 fully saturated rings. The molecule has 3 aromatic carbocycles. The first-order chi connectivity index (χ1) is 20.1. The number of nitrogens with zero attached hydrogens (tertiary/aromatic N) is 2. The van der Waals surface area contributed by atoms with Crippen LogP contribution in [0.25, 0.3) is 9.44 Å². The maximum absolute atomic E-state index is 11.6. The van der Waals surface area contributed by atoms with Gasteiger partial charge in [-0.3, -0.25) is 0 Å². The van der Waals surface area contributed by atoms with Crippen LogP contribution in [0.1, 0.15) is 39.5 Å². The molecule has 0 aliphatic heterocycles. The summed E-state index contributed by atoms with van der Waals surface area (Å²) in [7, 11) is -10.5. The number of halogens is 6. The summed E-state index contributed by atoms with van der Waals surface area (Å²) in [5, 5.41) is 0. The van der Waals surface area contributed by atoms with Gasteiger partial charge in [0, 0.05) is 0 Å². The third-order valence-corrected chi connectivity index (χ3v) is 9.51. The fraction of sp³-hybridized carbons (Fsp3) is 0.357. The van der Waals surface area contributed by atoms with Crippen LogP contribution >= 0.6 is 0 Å². The average Bonchev–Trinajstić information content (AvgIpc) is 2.95. The Morgan fingerprint density at radius 1 is 0.545 bits per heavy atom. The fourth-order valence-corrected chi connectivity index (χ4v) is 6.05. The predicted octanol–water partition coefficient (Wildman–Crippen LogP) is 5.81. The van der Waals surface area contributed by atoms with Gasteiger partial charge >= 0.3 is 40.6 Å². The van der Waals surface area contributed by atoms with Crippen molar-refractivity contribution in [2.45, 2.75) is 65.2 Å². The van der Waals surface area contributed by atoms with Gasteiger partial charge in [-0.1, -0.05) is 94.1 Å². The third kappa shape index (κ3) is 15.1. The largest absolute Gasteiger partial charge is 1.00 e. The van der Waals surface area contributed by atoms with E-state index in [-0.39, 0.29) is 53.5 Å². The fourth-order valence-electron chi connectivity index (χ4n) is 2.91. The summed E-state index contributed by atoms with van der Waals surface area (Å²) in [6.07, 6.45) is 1.90. The summed E-state index contributed by atoms with van der Waals surface area (Å²) >= 11 is 0. The van der Waals surface area contributed by atoms with Gasteiger partial charge in [-0.15, -0.1) is 13.1 Å². The first-order valence-corrected chi connectivity index (χ1v) is 17.1. The number of hydrogen-bond donors (Lipinski definition) is 0. The molecule has 0 radical (unpaired) electrons. The van der Waals surface area contributed by atoms with Crippen LogP contribution in [0.5, 0.6) is 0 Å². The van der Waals surface area contributed by atoms with Crippen molar-refractivity contribution in [1.82, 2.24) is 0 Å². The van der Waals surface area contributed by atoms with Crippen LogP contribution in [0.15, 0.2) is 106 Å². The standard InChI is InChI=1S/C18H15S.2C5H9F3NO2S.Na/c1-4-10-16(11-5-1)19(17-12-6-2-7-13-17)18-14-8-3-9-15-18;2*1-2-3-4-9-12(10,11)5(6,7)8;/h1-15H;2*2-4H2,1H3;/q+1;2*-1;+1. The Morgan fingerprint density at radius 3 is 1.00 bits per heavy atom. The van der Waals surface area contributed by atoms with Gasteiger partial charge < -0.3 is 9.44 Å². The molecule has 0 unspecified atom stereocenters. The van der Waals surface area contributed by atoms with E-state index in [0.717, 1.165) is 0 Å². The second kappa shape index (κ2) is 20.5. The van der Waals surface area contributed by atoms with E-state index >= 15 is 0 Å². The van der Waals surface area contributed by atoms with Gasteiger partial charge in [-0.05, 0) is 36.4 Å². The Balaban J connectivity index is 0.000000657. The molecule has 0 aromatic heterocycles. The minimum absolute atomic E-state index is 0. The van der Waals surface area contributed by atoms with E-state index in [1.165, 1.54) is 14.7 Å². The molecule has 6 nitrogen and oxygen atoms in total. The van der Waals surface area contributed by atoms with Gasteiger partial charge in [-0.25, -0.2) is 16.8 Å². The zero-order valence-electron chi connectivity index (χ0n) is 24.4. The van der Waals surface area contributed by atoms with Gasteiger partial charge in [0.1, 0.15) is 0 Å². The molecule has 0 amide bonds. The molecule has 16 heteroatoms. The molecule has 0 spiro atoms. The van der Waals surface area contributed by atoms with Crippen molar-refractivity contribution in [2.24, 2.45) is 0 Å². The van der Waals surface area contributed by atoms with Crippen LogP contribution in [0.4, 0.5) is 26.3 Å². The Hall–Kier alpha value is -1.59. The van der Waals surface area contributed by atoms with Crippen LogP contribution in [0.2, 0.25) is 0 Å². The molecule has 3 aromatic rings. The van der Waals surface area contributed by atoms with E-state index in [4.69, 9.17) is 0 Å². The Bertz CT molecular complexity index is 1250. The zero-order valence-corrected chi connectivity index (χ0v) is 28.9. The smallest absolute Gasteiger partial charge is 0.541 e. The number of rotatable bonds is 11. The van der Waals surface area contributed by atoms with Crippen LogP contribution in [0.3, 0.4) is 0 Å². The van der Waals surface area contributed by atoms with Gasteiger partial charge in [-0.2, -0.15) is 26.3 Å². The molecule has 240 valence electrons.